The standard InChI is InChI=1S/C23H27N7O2/c1-24-21-10-20-18(12-25-21)19(15-11-26-28(2)13-15)14-30(20)16-4-6-17(7-5-16)32-22-8-9-23(31)29(3)27-22/h8-14,16-17H,4-7H2,1-3H3,(H,24,25)/t16-,17+. The van der Waals surface area contributed by atoms with Gasteiger partial charge in [0.05, 0.1) is 11.7 Å². The van der Waals surface area contributed by atoms with Crippen LogP contribution in [0, 0.1) is 0 Å². The van der Waals surface area contributed by atoms with Gasteiger partial charge >= 0.3 is 0 Å². The molecule has 0 unspecified atom stereocenters. The molecule has 4 heterocycles. The lowest BCUT2D eigenvalue weighted by Gasteiger charge is -2.30. The lowest BCUT2D eigenvalue weighted by Crippen LogP contribution is -2.27. The Morgan fingerprint density at radius 2 is 1.91 bits per heavy atom. The van der Waals surface area contributed by atoms with Crippen LogP contribution >= 0.6 is 0 Å². The van der Waals surface area contributed by atoms with Crippen molar-refractivity contribution in [1.82, 2.24) is 29.1 Å². The Balaban J connectivity index is 1.40. The number of aromatic nitrogens is 6. The molecule has 32 heavy (non-hydrogen) atoms. The Bertz CT molecular complexity index is 1310. The minimum atomic E-state index is -0.139. The van der Waals surface area contributed by atoms with Gasteiger partial charge in [-0.05, 0) is 25.7 Å². The van der Waals surface area contributed by atoms with Gasteiger partial charge in [0, 0.05) is 80.5 Å². The topological polar surface area (TPSA) is 91.8 Å². The van der Waals surface area contributed by atoms with Crippen molar-refractivity contribution >= 4 is 16.7 Å². The average molecular weight is 434 g/mol. The molecule has 1 N–H and O–H groups in total. The van der Waals surface area contributed by atoms with Gasteiger partial charge in [0.1, 0.15) is 11.9 Å². The lowest BCUT2D eigenvalue weighted by atomic mass is 9.92. The summed E-state index contributed by atoms with van der Waals surface area (Å²) in [7, 11) is 5.46. The highest BCUT2D eigenvalue weighted by Gasteiger charge is 2.26. The zero-order valence-corrected chi connectivity index (χ0v) is 18.5. The smallest absolute Gasteiger partial charge is 0.266 e. The third-order valence-electron chi connectivity index (χ3n) is 6.25. The Hall–Kier alpha value is -3.62. The SMILES string of the molecule is CNc1cc2c(cn1)c(-c1cnn(C)c1)cn2[C@H]1CC[C@@H](Oc2ccc(=O)n(C)n2)CC1. The van der Waals surface area contributed by atoms with E-state index >= 15 is 0 Å². The summed E-state index contributed by atoms with van der Waals surface area (Å²) < 4.78 is 11.6. The molecule has 0 atom stereocenters. The molecule has 0 amide bonds. The van der Waals surface area contributed by atoms with Crippen molar-refractivity contribution in [3.63, 3.8) is 0 Å². The molecule has 0 radical (unpaired) electrons. The molecular weight excluding hydrogens is 406 g/mol. The van der Waals surface area contributed by atoms with Crippen LogP contribution in [-0.4, -0.2) is 42.3 Å². The summed E-state index contributed by atoms with van der Waals surface area (Å²) in [5, 5.41) is 12.8. The van der Waals surface area contributed by atoms with E-state index in [4.69, 9.17) is 4.74 Å². The van der Waals surface area contributed by atoms with Gasteiger partial charge in [-0.15, -0.1) is 5.10 Å². The largest absolute Gasteiger partial charge is 0.473 e. The summed E-state index contributed by atoms with van der Waals surface area (Å²) in [5.74, 6) is 1.36. The third-order valence-corrected chi connectivity index (χ3v) is 6.25. The molecule has 0 spiro atoms. The fraction of sp³-hybridized carbons (Fsp3) is 0.391. The number of anilines is 1. The zero-order valence-electron chi connectivity index (χ0n) is 18.5. The molecular formula is C23H27N7O2. The summed E-state index contributed by atoms with van der Waals surface area (Å²) in [6.07, 6.45) is 12.1. The van der Waals surface area contributed by atoms with E-state index < -0.39 is 0 Å². The number of fused-ring (bicyclic) bond motifs is 1. The number of rotatable bonds is 5. The second-order valence-corrected chi connectivity index (χ2v) is 8.37. The maximum Gasteiger partial charge on any atom is 0.266 e. The number of hydrogen-bond acceptors (Lipinski definition) is 6. The summed E-state index contributed by atoms with van der Waals surface area (Å²) in [5.41, 5.74) is 3.27. The van der Waals surface area contributed by atoms with Crippen molar-refractivity contribution in [3.8, 4) is 17.0 Å². The van der Waals surface area contributed by atoms with Crippen LogP contribution in [0.5, 0.6) is 5.88 Å². The first kappa shape index (κ1) is 20.3. The molecule has 1 fully saturated rings. The van der Waals surface area contributed by atoms with E-state index in [0.717, 1.165) is 48.0 Å². The third kappa shape index (κ3) is 3.74. The number of hydrogen-bond donors (Lipinski definition) is 1. The van der Waals surface area contributed by atoms with Crippen LogP contribution in [0.4, 0.5) is 5.82 Å². The van der Waals surface area contributed by atoms with E-state index in [1.54, 1.807) is 13.1 Å². The molecule has 1 aliphatic rings. The zero-order chi connectivity index (χ0) is 22.2. The molecule has 4 aromatic heterocycles. The molecule has 5 rings (SSSR count). The van der Waals surface area contributed by atoms with Crippen molar-refractivity contribution in [3.05, 3.63) is 53.3 Å². The Morgan fingerprint density at radius 3 is 2.59 bits per heavy atom. The lowest BCUT2D eigenvalue weighted by molar-refractivity contribution is 0.126. The molecule has 1 aliphatic carbocycles. The fourth-order valence-electron chi connectivity index (χ4n) is 4.53. The summed E-state index contributed by atoms with van der Waals surface area (Å²) in [6.45, 7) is 0. The van der Waals surface area contributed by atoms with E-state index in [1.165, 1.54) is 16.3 Å². The first-order valence-corrected chi connectivity index (χ1v) is 10.9. The maximum atomic E-state index is 11.5. The molecule has 0 saturated heterocycles. The van der Waals surface area contributed by atoms with Crippen LogP contribution in [0.15, 0.2) is 47.8 Å². The first-order chi connectivity index (χ1) is 15.5. The molecule has 1 saturated carbocycles. The van der Waals surface area contributed by atoms with Crippen molar-refractivity contribution in [1.29, 1.82) is 0 Å². The molecule has 0 aromatic carbocycles. The second-order valence-electron chi connectivity index (χ2n) is 8.37. The van der Waals surface area contributed by atoms with E-state index in [-0.39, 0.29) is 11.7 Å². The number of aryl methyl sites for hydroxylation is 2. The normalized spacial score (nSPS) is 18.7. The van der Waals surface area contributed by atoms with Gasteiger partial charge in [-0.1, -0.05) is 0 Å². The average Bonchev–Trinajstić information content (AvgIpc) is 3.40. The highest BCUT2D eigenvalue weighted by atomic mass is 16.5. The van der Waals surface area contributed by atoms with Crippen LogP contribution in [0.1, 0.15) is 31.7 Å². The highest BCUT2D eigenvalue weighted by Crippen LogP contribution is 2.38. The Labute approximate surface area is 185 Å². The minimum absolute atomic E-state index is 0.102. The van der Waals surface area contributed by atoms with Crippen molar-refractivity contribution in [2.24, 2.45) is 14.1 Å². The number of nitrogens with zero attached hydrogens (tertiary/aromatic N) is 6. The van der Waals surface area contributed by atoms with E-state index in [1.807, 2.05) is 37.4 Å². The predicted octanol–water partition coefficient (Wildman–Crippen LogP) is 3.13. The van der Waals surface area contributed by atoms with Gasteiger partial charge in [0.15, 0.2) is 0 Å². The predicted molar refractivity (Wildman–Crippen MR) is 123 cm³/mol. The van der Waals surface area contributed by atoms with Gasteiger partial charge < -0.3 is 14.6 Å². The van der Waals surface area contributed by atoms with E-state index in [9.17, 15) is 4.79 Å². The monoisotopic (exact) mass is 433 g/mol. The van der Waals surface area contributed by atoms with Crippen LogP contribution in [0.3, 0.4) is 0 Å². The summed E-state index contributed by atoms with van der Waals surface area (Å²) >= 11 is 0. The van der Waals surface area contributed by atoms with Crippen molar-refractivity contribution in [2.75, 3.05) is 12.4 Å². The van der Waals surface area contributed by atoms with Crippen LogP contribution < -0.4 is 15.6 Å². The van der Waals surface area contributed by atoms with Crippen molar-refractivity contribution in [2.45, 2.75) is 37.8 Å². The van der Waals surface area contributed by atoms with Gasteiger partial charge in [-0.3, -0.25) is 9.48 Å². The first-order valence-electron chi connectivity index (χ1n) is 10.9. The molecule has 9 heteroatoms. The van der Waals surface area contributed by atoms with Crippen LogP contribution in [0.25, 0.3) is 22.0 Å². The maximum absolute atomic E-state index is 11.5. The quantitative estimate of drug-likeness (QED) is 0.520. The molecule has 166 valence electrons. The van der Waals surface area contributed by atoms with Crippen LogP contribution in [0.2, 0.25) is 0 Å². The number of ether oxygens (including phenoxy) is 1. The minimum Gasteiger partial charge on any atom is -0.473 e. The fourth-order valence-corrected chi connectivity index (χ4v) is 4.53. The van der Waals surface area contributed by atoms with Crippen LogP contribution in [-0.2, 0) is 14.1 Å². The highest BCUT2D eigenvalue weighted by molar-refractivity contribution is 5.96. The Morgan fingerprint density at radius 1 is 1.09 bits per heavy atom. The van der Waals surface area contributed by atoms with E-state index in [0.29, 0.717) is 11.9 Å². The number of pyridine rings is 1. The van der Waals surface area contributed by atoms with Crippen molar-refractivity contribution < 1.29 is 4.74 Å². The summed E-state index contributed by atoms with van der Waals surface area (Å²) in [6, 6.07) is 5.64. The van der Waals surface area contributed by atoms with Gasteiger partial charge in [-0.2, -0.15) is 5.10 Å². The van der Waals surface area contributed by atoms with E-state index in [2.05, 4.69) is 37.3 Å². The molecule has 4 aromatic rings. The summed E-state index contributed by atoms with van der Waals surface area (Å²) in [4.78, 5) is 16.1. The van der Waals surface area contributed by atoms with Gasteiger partial charge in [0.2, 0.25) is 5.88 Å². The number of nitrogens with one attached hydrogen (secondary N) is 1. The van der Waals surface area contributed by atoms with Gasteiger partial charge in [-0.25, -0.2) is 9.67 Å². The molecule has 0 bridgehead atoms. The second kappa shape index (κ2) is 8.14. The molecule has 0 aliphatic heterocycles. The Kier molecular flexibility index (Phi) is 5.16. The van der Waals surface area contributed by atoms with Gasteiger partial charge in [0.25, 0.3) is 5.56 Å². The molecule has 9 nitrogen and oxygen atoms in total.